The Morgan fingerprint density at radius 1 is 1.05 bits per heavy atom. The van der Waals surface area contributed by atoms with Crippen LogP contribution in [0.5, 0.6) is 11.5 Å². The minimum absolute atomic E-state index is 0.569. The Hall–Kier alpha value is -1.22. The average molecular weight is 291 g/mol. The first-order valence-electron chi connectivity index (χ1n) is 8.41. The van der Waals surface area contributed by atoms with Gasteiger partial charge in [-0.2, -0.15) is 0 Å². The molecule has 1 heterocycles. The molecule has 0 radical (unpaired) electrons. The molecular formula is C18H29NO2. The number of fused-ring (bicyclic) bond motifs is 1. The fraction of sp³-hybridized carbons (Fsp3) is 0.667. The Morgan fingerprint density at radius 2 is 1.81 bits per heavy atom. The number of rotatable bonds is 9. The molecule has 0 amide bonds. The standard InChI is InChI=1S/C18H29NO2/c1-3-4-5-6-7-8-15(2)19-14-16-9-10-17-18(13-16)21-12-11-20-17/h9-10,13,15,19H,3-8,11-12,14H2,1-2H3. The third-order valence-corrected chi connectivity index (χ3v) is 4.00. The molecule has 0 fully saturated rings. The highest BCUT2D eigenvalue weighted by molar-refractivity contribution is 5.43. The van der Waals surface area contributed by atoms with Crippen LogP contribution in [0.2, 0.25) is 0 Å². The van der Waals surface area contributed by atoms with Gasteiger partial charge in [0, 0.05) is 12.6 Å². The second-order valence-electron chi connectivity index (χ2n) is 5.96. The van der Waals surface area contributed by atoms with E-state index in [1.807, 2.05) is 6.07 Å². The van der Waals surface area contributed by atoms with Crippen LogP contribution in [0.1, 0.15) is 57.9 Å². The first kappa shape index (κ1) is 16.2. The normalized spacial score (nSPS) is 15.0. The Bertz CT molecular complexity index is 420. The molecule has 0 aromatic heterocycles. The highest BCUT2D eigenvalue weighted by Gasteiger charge is 2.11. The average Bonchev–Trinajstić information content (AvgIpc) is 2.52. The number of hydrogen-bond donors (Lipinski definition) is 1. The van der Waals surface area contributed by atoms with Gasteiger partial charge < -0.3 is 14.8 Å². The summed E-state index contributed by atoms with van der Waals surface area (Å²) < 4.78 is 11.2. The van der Waals surface area contributed by atoms with Crippen LogP contribution < -0.4 is 14.8 Å². The van der Waals surface area contributed by atoms with Crippen LogP contribution in [0.15, 0.2) is 18.2 Å². The highest BCUT2D eigenvalue weighted by Crippen LogP contribution is 2.30. The van der Waals surface area contributed by atoms with Crippen molar-refractivity contribution in [3.8, 4) is 11.5 Å². The van der Waals surface area contributed by atoms with Crippen LogP contribution >= 0.6 is 0 Å². The third kappa shape index (κ3) is 5.58. The zero-order valence-electron chi connectivity index (χ0n) is 13.5. The van der Waals surface area contributed by atoms with Crippen molar-refractivity contribution < 1.29 is 9.47 Å². The van der Waals surface area contributed by atoms with E-state index in [9.17, 15) is 0 Å². The van der Waals surface area contributed by atoms with Crippen LogP contribution in [-0.2, 0) is 6.54 Å². The van der Waals surface area contributed by atoms with Crippen molar-refractivity contribution in [2.24, 2.45) is 0 Å². The van der Waals surface area contributed by atoms with Crippen molar-refractivity contribution in [3.63, 3.8) is 0 Å². The SMILES string of the molecule is CCCCCCCC(C)NCc1ccc2c(c1)OCCO2. The van der Waals surface area contributed by atoms with Gasteiger partial charge in [0.2, 0.25) is 0 Å². The molecule has 0 aliphatic carbocycles. The molecule has 0 spiro atoms. The molecule has 1 aliphatic rings. The van der Waals surface area contributed by atoms with Gasteiger partial charge in [0.1, 0.15) is 13.2 Å². The van der Waals surface area contributed by atoms with Gasteiger partial charge in [-0.15, -0.1) is 0 Å². The molecule has 1 aromatic rings. The summed E-state index contributed by atoms with van der Waals surface area (Å²) in [5.41, 5.74) is 1.26. The second kappa shape index (κ2) is 8.93. The lowest BCUT2D eigenvalue weighted by atomic mass is 10.1. The van der Waals surface area contributed by atoms with E-state index in [1.54, 1.807) is 0 Å². The van der Waals surface area contributed by atoms with Gasteiger partial charge in [0.15, 0.2) is 11.5 Å². The number of benzene rings is 1. The fourth-order valence-electron chi connectivity index (χ4n) is 2.65. The summed E-state index contributed by atoms with van der Waals surface area (Å²) in [4.78, 5) is 0. The lowest BCUT2D eigenvalue weighted by Crippen LogP contribution is -2.25. The summed E-state index contributed by atoms with van der Waals surface area (Å²) in [5, 5.41) is 3.60. The van der Waals surface area contributed by atoms with Crippen molar-refractivity contribution in [3.05, 3.63) is 23.8 Å². The summed E-state index contributed by atoms with van der Waals surface area (Å²) in [6.45, 7) is 6.74. The molecule has 21 heavy (non-hydrogen) atoms. The smallest absolute Gasteiger partial charge is 0.161 e. The molecule has 118 valence electrons. The zero-order valence-corrected chi connectivity index (χ0v) is 13.5. The Labute approximate surface area is 129 Å². The number of ether oxygens (including phenoxy) is 2. The Morgan fingerprint density at radius 3 is 2.62 bits per heavy atom. The minimum atomic E-state index is 0.569. The maximum atomic E-state index is 5.62. The van der Waals surface area contributed by atoms with Crippen LogP contribution in [0.3, 0.4) is 0 Å². The number of nitrogens with one attached hydrogen (secondary N) is 1. The first-order valence-corrected chi connectivity index (χ1v) is 8.41. The molecule has 0 saturated heterocycles. The van der Waals surface area contributed by atoms with Crippen molar-refractivity contribution in [1.82, 2.24) is 5.32 Å². The van der Waals surface area contributed by atoms with Crippen molar-refractivity contribution >= 4 is 0 Å². The predicted molar refractivity (Wildman–Crippen MR) is 87.1 cm³/mol. The van der Waals surface area contributed by atoms with E-state index < -0.39 is 0 Å². The minimum Gasteiger partial charge on any atom is -0.486 e. The molecule has 3 heteroatoms. The predicted octanol–water partition coefficient (Wildman–Crippen LogP) is 4.30. The summed E-state index contributed by atoms with van der Waals surface area (Å²) in [6, 6.07) is 6.80. The van der Waals surface area contributed by atoms with E-state index in [0.717, 1.165) is 18.0 Å². The van der Waals surface area contributed by atoms with Crippen molar-refractivity contribution in [2.75, 3.05) is 13.2 Å². The third-order valence-electron chi connectivity index (χ3n) is 4.00. The van der Waals surface area contributed by atoms with E-state index >= 15 is 0 Å². The first-order chi connectivity index (χ1) is 10.3. The largest absolute Gasteiger partial charge is 0.486 e. The summed E-state index contributed by atoms with van der Waals surface area (Å²) in [7, 11) is 0. The van der Waals surface area contributed by atoms with E-state index in [-0.39, 0.29) is 0 Å². The summed E-state index contributed by atoms with van der Waals surface area (Å²) >= 11 is 0. The molecule has 3 nitrogen and oxygen atoms in total. The van der Waals surface area contributed by atoms with Gasteiger partial charge in [0.25, 0.3) is 0 Å². The molecular weight excluding hydrogens is 262 g/mol. The molecule has 0 bridgehead atoms. The molecule has 1 atom stereocenters. The Kier molecular flexibility index (Phi) is 6.87. The second-order valence-corrected chi connectivity index (χ2v) is 5.96. The maximum Gasteiger partial charge on any atom is 0.161 e. The van der Waals surface area contributed by atoms with Crippen molar-refractivity contribution in [2.45, 2.75) is 65.0 Å². The van der Waals surface area contributed by atoms with E-state index in [0.29, 0.717) is 19.3 Å². The number of hydrogen-bond acceptors (Lipinski definition) is 3. The van der Waals surface area contributed by atoms with Gasteiger partial charge in [0.05, 0.1) is 0 Å². The highest BCUT2D eigenvalue weighted by atomic mass is 16.6. The van der Waals surface area contributed by atoms with Crippen LogP contribution in [0, 0.1) is 0 Å². The van der Waals surface area contributed by atoms with Crippen LogP contribution in [-0.4, -0.2) is 19.3 Å². The van der Waals surface area contributed by atoms with E-state index in [4.69, 9.17) is 9.47 Å². The molecule has 2 rings (SSSR count). The van der Waals surface area contributed by atoms with Gasteiger partial charge in [-0.05, 0) is 31.0 Å². The topological polar surface area (TPSA) is 30.5 Å². The van der Waals surface area contributed by atoms with Crippen molar-refractivity contribution in [1.29, 1.82) is 0 Å². The fourth-order valence-corrected chi connectivity index (χ4v) is 2.65. The lowest BCUT2D eigenvalue weighted by Gasteiger charge is -2.19. The van der Waals surface area contributed by atoms with E-state index in [1.165, 1.54) is 44.1 Å². The monoisotopic (exact) mass is 291 g/mol. The van der Waals surface area contributed by atoms with E-state index in [2.05, 4.69) is 31.3 Å². The van der Waals surface area contributed by atoms with Crippen LogP contribution in [0.25, 0.3) is 0 Å². The molecule has 1 aromatic carbocycles. The molecule has 1 N–H and O–H groups in total. The van der Waals surface area contributed by atoms with Gasteiger partial charge in [-0.1, -0.05) is 45.1 Å². The quantitative estimate of drug-likeness (QED) is 0.688. The summed E-state index contributed by atoms with van der Waals surface area (Å²) in [5.74, 6) is 1.75. The number of unbranched alkanes of at least 4 members (excludes halogenated alkanes) is 4. The van der Waals surface area contributed by atoms with Crippen LogP contribution in [0.4, 0.5) is 0 Å². The maximum absolute atomic E-state index is 5.62. The summed E-state index contributed by atoms with van der Waals surface area (Å²) in [6.07, 6.45) is 8.02. The van der Waals surface area contributed by atoms with Gasteiger partial charge >= 0.3 is 0 Å². The molecule has 1 aliphatic heterocycles. The Balaban J connectivity index is 1.67. The zero-order chi connectivity index (χ0) is 14.9. The van der Waals surface area contributed by atoms with Gasteiger partial charge in [-0.25, -0.2) is 0 Å². The molecule has 1 unspecified atom stereocenters. The molecule has 0 saturated carbocycles. The van der Waals surface area contributed by atoms with Gasteiger partial charge in [-0.3, -0.25) is 0 Å². The lowest BCUT2D eigenvalue weighted by molar-refractivity contribution is 0.171.